The van der Waals surface area contributed by atoms with E-state index in [0.717, 1.165) is 43.0 Å². The summed E-state index contributed by atoms with van der Waals surface area (Å²) in [6.45, 7) is 5.34. The summed E-state index contributed by atoms with van der Waals surface area (Å²) in [5.74, 6) is 0.975. The Balaban J connectivity index is 1.97. The fourth-order valence-corrected chi connectivity index (χ4v) is 2.06. The third kappa shape index (κ3) is 3.69. The molecule has 0 bridgehead atoms. The van der Waals surface area contributed by atoms with E-state index in [2.05, 4.69) is 34.2 Å². The summed E-state index contributed by atoms with van der Waals surface area (Å²) in [6.07, 6.45) is 1.03. The number of nitrogens with one attached hydrogen (secondary N) is 1. The van der Waals surface area contributed by atoms with Crippen LogP contribution >= 0.6 is 15.9 Å². The molecule has 0 aromatic heterocycles. The zero-order valence-corrected chi connectivity index (χ0v) is 11.6. The van der Waals surface area contributed by atoms with E-state index in [1.54, 1.807) is 0 Å². The molecule has 0 aliphatic carbocycles. The second kappa shape index (κ2) is 6.38. The van der Waals surface area contributed by atoms with Crippen LogP contribution < -0.4 is 10.1 Å². The highest BCUT2D eigenvalue weighted by Crippen LogP contribution is 2.23. The molecule has 4 heteroatoms. The Bertz CT molecular complexity index is 366. The second-order valence-electron chi connectivity index (χ2n) is 4.22. The predicted octanol–water partition coefficient (Wildman–Crippen LogP) is 2.73. The monoisotopic (exact) mass is 299 g/mol. The maximum absolute atomic E-state index is 5.73. The quantitative estimate of drug-likeness (QED) is 0.876. The largest absolute Gasteiger partial charge is 0.493 e. The van der Waals surface area contributed by atoms with E-state index in [1.807, 2.05) is 12.1 Å². The van der Waals surface area contributed by atoms with Crippen molar-refractivity contribution in [3.8, 4) is 5.75 Å². The van der Waals surface area contributed by atoms with Crippen LogP contribution in [0.1, 0.15) is 18.9 Å². The van der Waals surface area contributed by atoms with Crippen molar-refractivity contribution in [1.82, 2.24) is 5.32 Å². The molecule has 0 amide bonds. The molecular formula is C13H18BrNO2. The lowest BCUT2D eigenvalue weighted by molar-refractivity contribution is -0.00586. The van der Waals surface area contributed by atoms with Crippen LogP contribution in [-0.2, 0) is 11.3 Å². The number of hydrogen-bond donors (Lipinski definition) is 1. The minimum absolute atomic E-state index is 0.494. The molecule has 1 saturated heterocycles. The molecule has 1 fully saturated rings. The maximum Gasteiger partial charge on any atom is 0.123 e. The molecule has 0 spiro atoms. The lowest BCUT2D eigenvalue weighted by Crippen LogP contribution is -2.45. The van der Waals surface area contributed by atoms with E-state index >= 15 is 0 Å². The SMILES string of the molecule is CCCOc1ccc(Br)cc1CNC1COC1. The molecule has 0 unspecified atom stereocenters. The molecular weight excluding hydrogens is 282 g/mol. The Morgan fingerprint density at radius 1 is 1.47 bits per heavy atom. The van der Waals surface area contributed by atoms with Crippen molar-refractivity contribution in [1.29, 1.82) is 0 Å². The van der Waals surface area contributed by atoms with E-state index < -0.39 is 0 Å². The van der Waals surface area contributed by atoms with Crippen molar-refractivity contribution < 1.29 is 9.47 Å². The Labute approximate surface area is 111 Å². The smallest absolute Gasteiger partial charge is 0.123 e. The van der Waals surface area contributed by atoms with Gasteiger partial charge in [0.15, 0.2) is 0 Å². The van der Waals surface area contributed by atoms with Crippen molar-refractivity contribution in [2.24, 2.45) is 0 Å². The van der Waals surface area contributed by atoms with Gasteiger partial charge >= 0.3 is 0 Å². The zero-order chi connectivity index (χ0) is 12.1. The van der Waals surface area contributed by atoms with Gasteiger partial charge in [0.1, 0.15) is 5.75 Å². The van der Waals surface area contributed by atoms with Gasteiger partial charge < -0.3 is 14.8 Å². The molecule has 0 saturated carbocycles. The molecule has 1 N–H and O–H groups in total. The summed E-state index contributed by atoms with van der Waals surface area (Å²) in [5, 5.41) is 3.45. The first kappa shape index (κ1) is 12.9. The average molecular weight is 300 g/mol. The van der Waals surface area contributed by atoms with Crippen LogP contribution in [0.4, 0.5) is 0 Å². The molecule has 1 heterocycles. The molecule has 94 valence electrons. The van der Waals surface area contributed by atoms with Crippen LogP contribution in [0.15, 0.2) is 22.7 Å². The summed E-state index contributed by atoms with van der Waals surface area (Å²) in [7, 11) is 0. The van der Waals surface area contributed by atoms with Gasteiger partial charge in [-0.1, -0.05) is 22.9 Å². The van der Waals surface area contributed by atoms with Gasteiger partial charge in [-0.15, -0.1) is 0 Å². The molecule has 0 radical (unpaired) electrons. The summed E-state index contributed by atoms with van der Waals surface area (Å²) >= 11 is 3.49. The standard InChI is InChI=1S/C13H18BrNO2/c1-2-5-17-13-4-3-11(14)6-10(13)7-15-12-8-16-9-12/h3-4,6,12,15H,2,5,7-9H2,1H3. The number of halogens is 1. The molecule has 1 aromatic carbocycles. The van der Waals surface area contributed by atoms with E-state index in [4.69, 9.17) is 9.47 Å². The molecule has 0 atom stereocenters. The molecule has 2 rings (SSSR count). The van der Waals surface area contributed by atoms with Crippen molar-refractivity contribution >= 4 is 15.9 Å². The third-order valence-corrected chi connectivity index (χ3v) is 3.20. The zero-order valence-electron chi connectivity index (χ0n) is 10.0. The first-order chi connectivity index (χ1) is 8.29. The average Bonchev–Trinajstić information content (AvgIpc) is 2.26. The fraction of sp³-hybridized carbons (Fsp3) is 0.538. The van der Waals surface area contributed by atoms with Gasteiger partial charge in [-0.3, -0.25) is 0 Å². The lowest BCUT2D eigenvalue weighted by atomic mass is 10.1. The molecule has 1 aliphatic heterocycles. The van der Waals surface area contributed by atoms with Crippen molar-refractivity contribution in [3.63, 3.8) is 0 Å². The highest BCUT2D eigenvalue weighted by Gasteiger charge is 2.17. The van der Waals surface area contributed by atoms with Gasteiger partial charge in [-0.2, -0.15) is 0 Å². The summed E-state index contributed by atoms with van der Waals surface area (Å²) in [5.41, 5.74) is 1.19. The normalized spacial score (nSPS) is 15.6. The van der Waals surface area contributed by atoms with E-state index in [1.165, 1.54) is 5.56 Å². The van der Waals surface area contributed by atoms with Crippen LogP contribution in [-0.4, -0.2) is 25.9 Å². The molecule has 3 nitrogen and oxygen atoms in total. The highest BCUT2D eigenvalue weighted by atomic mass is 79.9. The Hall–Kier alpha value is -0.580. The van der Waals surface area contributed by atoms with Gasteiger partial charge in [0, 0.05) is 16.6 Å². The van der Waals surface area contributed by atoms with Gasteiger partial charge in [0.25, 0.3) is 0 Å². The molecule has 17 heavy (non-hydrogen) atoms. The minimum atomic E-state index is 0.494. The maximum atomic E-state index is 5.73. The van der Waals surface area contributed by atoms with E-state index in [9.17, 15) is 0 Å². The van der Waals surface area contributed by atoms with Crippen LogP contribution in [0, 0.1) is 0 Å². The summed E-state index contributed by atoms with van der Waals surface area (Å²) in [6, 6.07) is 6.64. The van der Waals surface area contributed by atoms with Crippen LogP contribution in [0.25, 0.3) is 0 Å². The molecule has 1 aliphatic rings. The summed E-state index contributed by atoms with van der Waals surface area (Å²) in [4.78, 5) is 0. The summed E-state index contributed by atoms with van der Waals surface area (Å²) < 4.78 is 12.0. The Kier molecular flexibility index (Phi) is 4.83. The van der Waals surface area contributed by atoms with Crippen LogP contribution in [0.2, 0.25) is 0 Å². The Morgan fingerprint density at radius 3 is 2.94 bits per heavy atom. The first-order valence-corrected chi connectivity index (χ1v) is 6.81. The number of ether oxygens (including phenoxy) is 2. The number of rotatable bonds is 6. The van der Waals surface area contributed by atoms with Gasteiger partial charge in [0.2, 0.25) is 0 Å². The van der Waals surface area contributed by atoms with Gasteiger partial charge in [-0.25, -0.2) is 0 Å². The highest BCUT2D eigenvalue weighted by molar-refractivity contribution is 9.10. The van der Waals surface area contributed by atoms with Crippen molar-refractivity contribution in [2.75, 3.05) is 19.8 Å². The lowest BCUT2D eigenvalue weighted by Gasteiger charge is -2.27. The van der Waals surface area contributed by atoms with Crippen molar-refractivity contribution in [2.45, 2.75) is 25.9 Å². The van der Waals surface area contributed by atoms with E-state index in [0.29, 0.717) is 6.04 Å². The molecule has 1 aromatic rings. The van der Waals surface area contributed by atoms with Crippen LogP contribution in [0.5, 0.6) is 5.75 Å². The third-order valence-electron chi connectivity index (χ3n) is 2.70. The van der Waals surface area contributed by atoms with Gasteiger partial charge in [0.05, 0.1) is 25.9 Å². The van der Waals surface area contributed by atoms with Gasteiger partial charge in [-0.05, 0) is 24.6 Å². The fourth-order valence-electron chi connectivity index (χ4n) is 1.65. The Morgan fingerprint density at radius 2 is 2.29 bits per heavy atom. The van der Waals surface area contributed by atoms with Crippen LogP contribution in [0.3, 0.4) is 0 Å². The van der Waals surface area contributed by atoms with E-state index in [-0.39, 0.29) is 0 Å². The number of hydrogen-bond acceptors (Lipinski definition) is 3. The van der Waals surface area contributed by atoms with Crippen molar-refractivity contribution in [3.05, 3.63) is 28.2 Å². The second-order valence-corrected chi connectivity index (χ2v) is 5.13. The topological polar surface area (TPSA) is 30.5 Å². The predicted molar refractivity (Wildman–Crippen MR) is 71.4 cm³/mol. The minimum Gasteiger partial charge on any atom is -0.493 e. The number of benzene rings is 1. The first-order valence-electron chi connectivity index (χ1n) is 6.02.